The molecule has 2 heterocycles. The van der Waals surface area contributed by atoms with Gasteiger partial charge < -0.3 is 10.1 Å². The Morgan fingerprint density at radius 3 is 2.96 bits per heavy atom. The maximum Gasteiger partial charge on any atom is 0.247 e. The molecule has 1 aliphatic heterocycles. The zero-order valence-corrected chi connectivity index (χ0v) is 15.5. The highest BCUT2D eigenvalue weighted by Gasteiger charge is 2.40. The molecule has 0 saturated heterocycles. The Kier molecular flexibility index (Phi) is 4.22. The van der Waals surface area contributed by atoms with Gasteiger partial charge in [0.15, 0.2) is 11.4 Å². The maximum atomic E-state index is 6.37. The van der Waals surface area contributed by atoms with E-state index in [0.29, 0.717) is 16.7 Å². The second kappa shape index (κ2) is 6.37. The lowest BCUT2D eigenvalue weighted by molar-refractivity contribution is 0.101. The van der Waals surface area contributed by atoms with Crippen molar-refractivity contribution in [1.29, 1.82) is 0 Å². The van der Waals surface area contributed by atoms with Crippen LogP contribution in [0.15, 0.2) is 40.5 Å². The van der Waals surface area contributed by atoms with Gasteiger partial charge in [0.2, 0.25) is 11.0 Å². The second-order valence-corrected chi connectivity index (χ2v) is 7.87. The molecule has 4 rings (SSSR count). The van der Waals surface area contributed by atoms with E-state index in [-0.39, 0.29) is 0 Å². The lowest BCUT2D eigenvalue weighted by Crippen LogP contribution is -2.41. The van der Waals surface area contributed by atoms with Crippen LogP contribution >= 0.6 is 27.7 Å². The Balaban J connectivity index is 1.84. The smallest absolute Gasteiger partial charge is 0.247 e. The first-order valence-corrected chi connectivity index (χ1v) is 9.72. The molecule has 0 bridgehead atoms. The number of thioether (sulfide) groups is 1. The Bertz CT molecular complexity index is 792. The largest absolute Gasteiger partial charge is 0.449 e. The van der Waals surface area contributed by atoms with Gasteiger partial charge in [-0.2, -0.15) is 4.98 Å². The summed E-state index contributed by atoms with van der Waals surface area (Å²) in [6, 6.07) is 6.11. The highest BCUT2D eigenvalue weighted by Crippen LogP contribution is 2.44. The SMILES string of the molecule is C=CCSc1nnc2c(n1)OC1(CCCC1)Nc1ccc(Br)cc1-2. The molecule has 0 atom stereocenters. The molecular formula is C17H17BrN4OS. The van der Waals surface area contributed by atoms with Crippen LogP contribution in [0.5, 0.6) is 5.88 Å². The average Bonchev–Trinajstić information content (AvgIpc) is 2.97. The molecule has 0 amide bonds. The third-order valence-corrected chi connectivity index (χ3v) is 5.59. The third-order valence-electron chi connectivity index (χ3n) is 4.27. The predicted octanol–water partition coefficient (Wildman–Crippen LogP) is 4.65. The van der Waals surface area contributed by atoms with E-state index < -0.39 is 5.72 Å². The Morgan fingerprint density at radius 2 is 2.17 bits per heavy atom. The van der Waals surface area contributed by atoms with Crippen molar-refractivity contribution in [3.63, 3.8) is 0 Å². The molecule has 1 aromatic heterocycles. The number of halogens is 1. The molecule has 0 unspecified atom stereocenters. The number of fused-ring (bicyclic) bond motifs is 3. The van der Waals surface area contributed by atoms with Crippen LogP contribution in [0.4, 0.5) is 5.69 Å². The number of hydrogen-bond donors (Lipinski definition) is 1. The maximum absolute atomic E-state index is 6.37. The Labute approximate surface area is 153 Å². The van der Waals surface area contributed by atoms with Crippen LogP contribution in [-0.2, 0) is 0 Å². The van der Waals surface area contributed by atoms with E-state index in [2.05, 4.69) is 49.1 Å². The monoisotopic (exact) mass is 404 g/mol. The summed E-state index contributed by atoms with van der Waals surface area (Å²) < 4.78 is 7.36. The fraction of sp³-hybridized carbons (Fsp3) is 0.353. The molecular weight excluding hydrogens is 388 g/mol. The Morgan fingerprint density at radius 1 is 1.33 bits per heavy atom. The van der Waals surface area contributed by atoms with Gasteiger partial charge in [-0.15, -0.1) is 16.8 Å². The molecule has 1 aliphatic carbocycles. The van der Waals surface area contributed by atoms with Gasteiger partial charge >= 0.3 is 0 Å². The lowest BCUT2D eigenvalue weighted by atomic mass is 10.1. The van der Waals surface area contributed by atoms with Gasteiger partial charge in [0.25, 0.3) is 0 Å². The summed E-state index contributed by atoms with van der Waals surface area (Å²) in [5.41, 5.74) is 2.26. The zero-order valence-electron chi connectivity index (χ0n) is 13.1. The third kappa shape index (κ3) is 2.91. The normalized spacial score (nSPS) is 17.4. The van der Waals surface area contributed by atoms with Crippen LogP contribution < -0.4 is 10.1 Å². The first-order chi connectivity index (χ1) is 11.7. The van der Waals surface area contributed by atoms with Crippen molar-refractivity contribution in [2.24, 2.45) is 0 Å². The van der Waals surface area contributed by atoms with Crippen molar-refractivity contribution in [3.8, 4) is 17.1 Å². The fourth-order valence-corrected chi connectivity index (χ4v) is 4.06. The minimum Gasteiger partial charge on any atom is -0.449 e. The number of anilines is 1. The van der Waals surface area contributed by atoms with Crippen molar-refractivity contribution in [3.05, 3.63) is 35.3 Å². The average molecular weight is 405 g/mol. The van der Waals surface area contributed by atoms with Gasteiger partial charge in [-0.1, -0.05) is 33.8 Å². The van der Waals surface area contributed by atoms with Gasteiger partial charge in [-0.05, 0) is 31.0 Å². The first kappa shape index (κ1) is 15.9. The van der Waals surface area contributed by atoms with Gasteiger partial charge in [-0.25, -0.2) is 0 Å². The van der Waals surface area contributed by atoms with Crippen molar-refractivity contribution in [2.75, 3.05) is 11.1 Å². The van der Waals surface area contributed by atoms with Crippen molar-refractivity contribution in [1.82, 2.24) is 15.2 Å². The highest BCUT2D eigenvalue weighted by molar-refractivity contribution is 9.10. The Hall–Kier alpha value is -1.60. The van der Waals surface area contributed by atoms with Crippen molar-refractivity contribution >= 4 is 33.4 Å². The van der Waals surface area contributed by atoms with E-state index in [4.69, 9.17) is 4.74 Å². The van der Waals surface area contributed by atoms with Gasteiger partial charge in [-0.3, -0.25) is 0 Å². The van der Waals surface area contributed by atoms with E-state index >= 15 is 0 Å². The molecule has 1 saturated carbocycles. The van der Waals surface area contributed by atoms with Crippen LogP contribution in [0.1, 0.15) is 25.7 Å². The summed E-state index contributed by atoms with van der Waals surface area (Å²) in [5.74, 6) is 1.30. The minimum atomic E-state index is -0.399. The van der Waals surface area contributed by atoms with E-state index in [1.165, 1.54) is 11.8 Å². The van der Waals surface area contributed by atoms with Gasteiger partial charge in [0, 0.05) is 34.3 Å². The fourth-order valence-electron chi connectivity index (χ4n) is 3.18. The lowest BCUT2D eigenvalue weighted by Gasteiger charge is -2.30. The van der Waals surface area contributed by atoms with E-state index in [1.807, 2.05) is 18.2 Å². The van der Waals surface area contributed by atoms with Crippen LogP contribution in [-0.4, -0.2) is 26.7 Å². The molecule has 7 heteroatoms. The summed E-state index contributed by atoms with van der Waals surface area (Å²) in [5, 5.41) is 12.9. The quantitative estimate of drug-likeness (QED) is 0.593. The molecule has 24 heavy (non-hydrogen) atoms. The molecule has 1 aromatic carbocycles. The predicted molar refractivity (Wildman–Crippen MR) is 99.3 cm³/mol. The number of nitrogens with zero attached hydrogens (tertiary/aromatic N) is 3. The van der Waals surface area contributed by atoms with Crippen molar-refractivity contribution < 1.29 is 4.74 Å². The van der Waals surface area contributed by atoms with E-state index in [0.717, 1.165) is 47.2 Å². The van der Waals surface area contributed by atoms with Crippen LogP contribution in [0.2, 0.25) is 0 Å². The topological polar surface area (TPSA) is 59.9 Å². The molecule has 124 valence electrons. The molecule has 5 nitrogen and oxygen atoms in total. The molecule has 2 aromatic rings. The van der Waals surface area contributed by atoms with Crippen LogP contribution in [0, 0.1) is 0 Å². The first-order valence-electron chi connectivity index (χ1n) is 7.95. The molecule has 1 N–H and O–H groups in total. The standard InChI is InChI=1S/C17H17BrN4OS/c1-2-9-24-16-19-15-14(21-22-16)12-10-11(18)5-6-13(12)20-17(23-15)7-3-4-8-17/h2,5-6,10,20H,1,3-4,7-9H2. The van der Waals surface area contributed by atoms with Gasteiger partial charge in [0.1, 0.15) is 0 Å². The van der Waals surface area contributed by atoms with Crippen LogP contribution in [0.25, 0.3) is 11.3 Å². The number of hydrogen-bond acceptors (Lipinski definition) is 6. The minimum absolute atomic E-state index is 0.399. The summed E-state index contributed by atoms with van der Waals surface area (Å²) in [7, 11) is 0. The number of aromatic nitrogens is 3. The number of nitrogens with one attached hydrogen (secondary N) is 1. The zero-order chi connectivity index (χ0) is 16.6. The van der Waals surface area contributed by atoms with Crippen LogP contribution in [0.3, 0.4) is 0 Å². The molecule has 1 spiro atoms. The number of rotatable bonds is 3. The summed E-state index contributed by atoms with van der Waals surface area (Å²) >= 11 is 5.04. The van der Waals surface area contributed by atoms with E-state index in [1.54, 1.807) is 0 Å². The molecule has 2 aliphatic rings. The summed E-state index contributed by atoms with van der Waals surface area (Å²) in [6.45, 7) is 3.73. The number of ether oxygens (including phenoxy) is 1. The van der Waals surface area contributed by atoms with Gasteiger partial charge in [0.05, 0.1) is 0 Å². The summed E-state index contributed by atoms with van der Waals surface area (Å²) in [4.78, 5) is 4.62. The number of benzene rings is 1. The van der Waals surface area contributed by atoms with E-state index in [9.17, 15) is 0 Å². The summed E-state index contributed by atoms with van der Waals surface area (Å²) in [6.07, 6.45) is 6.03. The molecule has 0 radical (unpaired) electrons. The van der Waals surface area contributed by atoms with Crippen molar-refractivity contribution in [2.45, 2.75) is 36.6 Å². The second-order valence-electron chi connectivity index (χ2n) is 5.97. The molecule has 1 fully saturated rings. The highest BCUT2D eigenvalue weighted by atomic mass is 79.9.